The van der Waals surface area contributed by atoms with Crippen molar-refractivity contribution < 1.29 is 14.7 Å². The van der Waals surface area contributed by atoms with Gasteiger partial charge in [-0.3, -0.25) is 14.3 Å². The number of carboxylic acids is 1. The lowest BCUT2D eigenvalue weighted by Gasteiger charge is -2.34. The molecule has 1 saturated heterocycles. The van der Waals surface area contributed by atoms with Gasteiger partial charge in [0.1, 0.15) is 0 Å². The fraction of sp³-hybridized carbons (Fsp3) is 0.583. The van der Waals surface area contributed by atoms with Crippen LogP contribution < -0.4 is 0 Å². The smallest absolute Gasteiger partial charge is 0.305 e. The lowest BCUT2D eigenvalue weighted by molar-refractivity contribution is -0.138. The standard InChI is InChI=1S/C12H17N3O3S/c1-8-10(6-14(2)13-8)12(18)15-3-4-19-7-9(15)5-11(16)17/h6,9H,3-5,7H2,1-2H3,(H,16,17). The van der Waals surface area contributed by atoms with E-state index in [1.54, 1.807) is 41.5 Å². The molecule has 2 heterocycles. The van der Waals surface area contributed by atoms with E-state index in [4.69, 9.17) is 5.11 Å². The number of carboxylic acid groups (broad SMARTS) is 1. The van der Waals surface area contributed by atoms with Crippen molar-refractivity contribution in [2.75, 3.05) is 18.1 Å². The number of thioether (sulfide) groups is 1. The minimum absolute atomic E-state index is 0.00193. The maximum absolute atomic E-state index is 12.5. The van der Waals surface area contributed by atoms with E-state index in [0.29, 0.717) is 23.6 Å². The molecule has 6 nitrogen and oxygen atoms in total. The Morgan fingerprint density at radius 3 is 2.89 bits per heavy atom. The van der Waals surface area contributed by atoms with Gasteiger partial charge in [0.15, 0.2) is 0 Å². The van der Waals surface area contributed by atoms with Crippen molar-refractivity contribution in [2.45, 2.75) is 19.4 Å². The van der Waals surface area contributed by atoms with Crippen LogP contribution in [0.3, 0.4) is 0 Å². The van der Waals surface area contributed by atoms with E-state index < -0.39 is 5.97 Å². The SMILES string of the molecule is Cc1nn(C)cc1C(=O)N1CCSCC1CC(=O)O. The lowest BCUT2D eigenvalue weighted by Crippen LogP contribution is -2.47. The fourth-order valence-corrected chi connectivity index (χ4v) is 3.32. The molecule has 0 saturated carbocycles. The van der Waals surface area contributed by atoms with Gasteiger partial charge >= 0.3 is 5.97 Å². The van der Waals surface area contributed by atoms with E-state index in [1.165, 1.54) is 0 Å². The summed E-state index contributed by atoms with van der Waals surface area (Å²) >= 11 is 1.69. The number of hydrogen-bond donors (Lipinski definition) is 1. The number of carbonyl (C=O) groups is 2. The molecule has 0 aliphatic carbocycles. The molecule has 0 radical (unpaired) electrons. The third-order valence-electron chi connectivity index (χ3n) is 3.14. The van der Waals surface area contributed by atoms with Gasteiger partial charge in [0.2, 0.25) is 0 Å². The molecule has 1 aliphatic rings. The molecule has 104 valence electrons. The first-order valence-electron chi connectivity index (χ1n) is 6.09. The predicted molar refractivity (Wildman–Crippen MR) is 72.3 cm³/mol. The van der Waals surface area contributed by atoms with Crippen molar-refractivity contribution in [2.24, 2.45) is 7.05 Å². The lowest BCUT2D eigenvalue weighted by atomic mass is 10.1. The van der Waals surface area contributed by atoms with Gasteiger partial charge in [-0.2, -0.15) is 16.9 Å². The van der Waals surface area contributed by atoms with Crippen LogP contribution in [0.2, 0.25) is 0 Å². The molecule has 1 aromatic rings. The summed E-state index contributed by atoms with van der Waals surface area (Å²) in [5, 5.41) is 13.1. The topological polar surface area (TPSA) is 75.4 Å². The van der Waals surface area contributed by atoms with Crippen LogP contribution in [0, 0.1) is 6.92 Å². The van der Waals surface area contributed by atoms with Crippen molar-refractivity contribution in [3.63, 3.8) is 0 Å². The Bertz CT molecular complexity index is 500. The van der Waals surface area contributed by atoms with Crippen LogP contribution in [-0.2, 0) is 11.8 Å². The summed E-state index contributed by atoms with van der Waals surface area (Å²) in [7, 11) is 1.77. The average molecular weight is 283 g/mol. The molecule has 0 spiro atoms. The zero-order valence-electron chi connectivity index (χ0n) is 11.0. The highest BCUT2D eigenvalue weighted by molar-refractivity contribution is 7.99. The molecule has 1 N–H and O–H groups in total. The van der Waals surface area contributed by atoms with Crippen LogP contribution >= 0.6 is 11.8 Å². The number of carbonyl (C=O) groups excluding carboxylic acids is 1. The maximum atomic E-state index is 12.5. The third-order valence-corrected chi connectivity index (χ3v) is 4.23. The predicted octanol–water partition coefficient (Wildman–Crippen LogP) is 0.761. The van der Waals surface area contributed by atoms with Crippen molar-refractivity contribution in [1.82, 2.24) is 14.7 Å². The van der Waals surface area contributed by atoms with Gasteiger partial charge < -0.3 is 10.0 Å². The first kappa shape index (κ1) is 13.9. The summed E-state index contributed by atoms with van der Waals surface area (Å²) in [6.45, 7) is 2.38. The molecule has 7 heteroatoms. The van der Waals surface area contributed by atoms with E-state index in [0.717, 1.165) is 5.75 Å². The highest BCUT2D eigenvalue weighted by Crippen LogP contribution is 2.22. The van der Waals surface area contributed by atoms with Crippen LogP contribution in [0.25, 0.3) is 0 Å². The summed E-state index contributed by atoms with van der Waals surface area (Å²) in [5.74, 6) is 0.545. The molecule has 1 aliphatic heterocycles. The quantitative estimate of drug-likeness (QED) is 0.886. The number of aliphatic carboxylic acids is 1. The molecule has 1 fully saturated rings. The van der Waals surface area contributed by atoms with Crippen LogP contribution in [0.1, 0.15) is 22.5 Å². The summed E-state index contributed by atoms with van der Waals surface area (Å²) in [6.07, 6.45) is 1.69. The Morgan fingerprint density at radius 2 is 2.32 bits per heavy atom. The van der Waals surface area contributed by atoms with Gasteiger partial charge in [-0.05, 0) is 6.92 Å². The minimum Gasteiger partial charge on any atom is -0.481 e. The molecule has 1 amide bonds. The van der Waals surface area contributed by atoms with Crippen molar-refractivity contribution in [3.05, 3.63) is 17.5 Å². The van der Waals surface area contributed by atoms with E-state index >= 15 is 0 Å². The third kappa shape index (κ3) is 3.09. The second kappa shape index (κ2) is 5.64. The summed E-state index contributed by atoms with van der Waals surface area (Å²) in [6, 6.07) is -0.233. The van der Waals surface area contributed by atoms with Gasteiger partial charge in [-0.15, -0.1) is 0 Å². The summed E-state index contributed by atoms with van der Waals surface area (Å²) in [5.41, 5.74) is 1.24. The summed E-state index contributed by atoms with van der Waals surface area (Å²) in [4.78, 5) is 25.1. The monoisotopic (exact) mass is 283 g/mol. The van der Waals surface area contributed by atoms with Crippen molar-refractivity contribution in [3.8, 4) is 0 Å². The van der Waals surface area contributed by atoms with E-state index in [1.807, 2.05) is 0 Å². The number of aromatic nitrogens is 2. The Morgan fingerprint density at radius 1 is 1.58 bits per heavy atom. The van der Waals surface area contributed by atoms with Crippen molar-refractivity contribution in [1.29, 1.82) is 0 Å². The normalized spacial score (nSPS) is 19.5. The number of aryl methyl sites for hydroxylation is 2. The Hall–Kier alpha value is -1.50. The molecule has 0 bridgehead atoms. The zero-order valence-corrected chi connectivity index (χ0v) is 11.8. The molecule has 1 atom stereocenters. The van der Waals surface area contributed by atoms with E-state index in [9.17, 15) is 9.59 Å². The second-order valence-electron chi connectivity index (χ2n) is 4.63. The molecular formula is C12H17N3O3S. The van der Waals surface area contributed by atoms with Gasteiger partial charge in [-0.25, -0.2) is 0 Å². The van der Waals surface area contributed by atoms with Crippen LogP contribution in [0.5, 0.6) is 0 Å². The van der Waals surface area contributed by atoms with Gasteiger partial charge in [-0.1, -0.05) is 0 Å². The Kier molecular flexibility index (Phi) is 4.14. The zero-order chi connectivity index (χ0) is 14.0. The highest BCUT2D eigenvalue weighted by Gasteiger charge is 2.30. The number of hydrogen-bond acceptors (Lipinski definition) is 4. The number of amides is 1. The molecule has 2 rings (SSSR count). The second-order valence-corrected chi connectivity index (χ2v) is 5.78. The maximum Gasteiger partial charge on any atom is 0.305 e. The molecule has 1 unspecified atom stereocenters. The fourth-order valence-electron chi connectivity index (χ4n) is 2.26. The average Bonchev–Trinajstić information content (AvgIpc) is 2.67. The van der Waals surface area contributed by atoms with E-state index in [-0.39, 0.29) is 18.4 Å². The molecule has 0 aromatic carbocycles. The van der Waals surface area contributed by atoms with Gasteiger partial charge in [0, 0.05) is 31.3 Å². The van der Waals surface area contributed by atoms with Crippen LogP contribution in [0.15, 0.2) is 6.20 Å². The summed E-state index contributed by atoms with van der Waals surface area (Å²) < 4.78 is 1.60. The van der Waals surface area contributed by atoms with Gasteiger partial charge in [0.25, 0.3) is 5.91 Å². The first-order chi connectivity index (χ1) is 8.99. The largest absolute Gasteiger partial charge is 0.481 e. The van der Waals surface area contributed by atoms with E-state index in [2.05, 4.69) is 5.10 Å². The minimum atomic E-state index is -0.867. The molecular weight excluding hydrogens is 266 g/mol. The number of rotatable bonds is 3. The molecule has 19 heavy (non-hydrogen) atoms. The number of nitrogens with zero attached hydrogens (tertiary/aromatic N) is 3. The van der Waals surface area contributed by atoms with Gasteiger partial charge in [0.05, 0.1) is 23.7 Å². The van der Waals surface area contributed by atoms with Crippen LogP contribution in [-0.4, -0.2) is 55.8 Å². The Labute approximate surface area is 115 Å². The first-order valence-corrected chi connectivity index (χ1v) is 7.25. The highest BCUT2D eigenvalue weighted by atomic mass is 32.2. The Balaban J connectivity index is 2.19. The van der Waals surface area contributed by atoms with Crippen LogP contribution in [0.4, 0.5) is 0 Å². The van der Waals surface area contributed by atoms with Crippen molar-refractivity contribution >= 4 is 23.6 Å². The molecule has 1 aromatic heterocycles.